The number of carbonyl (C=O) groups excluding carboxylic acids is 5. The molecular weight excluding hydrogens is 765 g/mol. The summed E-state index contributed by atoms with van der Waals surface area (Å²) in [6.07, 6.45) is 35.0. The Hall–Kier alpha value is -3.18. The van der Waals surface area contributed by atoms with Gasteiger partial charge in [-0.2, -0.15) is 0 Å². The first-order chi connectivity index (χ1) is 29.1. The van der Waals surface area contributed by atoms with E-state index in [0.717, 1.165) is 38.5 Å². The molecule has 0 rings (SSSR count). The lowest BCUT2D eigenvalue weighted by atomic mass is 10.0. The molecule has 2 unspecified atom stereocenters. The third-order valence-corrected chi connectivity index (χ3v) is 11.0. The Balaban J connectivity index is 4.54. The van der Waals surface area contributed by atoms with Crippen LogP contribution in [0.25, 0.3) is 0 Å². The summed E-state index contributed by atoms with van der Waals surface area (Å²) in [5.41, 5.74) is 5.26. The van der Waals surface area contributed by atoms with E-state index in [4.69, 9.17) is 25.1 Å². The van der Waals surface area contributed by atoms with E-state index in [1.165, 1.54) is 141 Å². The zero-order valence-electron chi connectivity index (χ0n) is 38.2. The Bertz CT molecular complexity index is 1100. The Morgan fingerprint density at radius 3 is 1.13 bits per heavy atom. The van der Waals surface area contributed by atoms with Gasteiger partial charge in [-0.3, -0.25) is 28.8 Å². The average Bonchev–Trinajstić information content (AvgIpc) is 3.22. The number of carbonyl (C=O) groups is 6. The number of nitrogens with two attached hydrogens (primary N) is 1. The monoisotopic (exact) mass is 853 g/mol. The van der Waals surface area contributed by atoms with E-state index < -0.39 is 47.8 Å². The van der Waals surface area contributed by atoms with E-state index in [2.05, 4.69) is 19.2 Å². The highest BCUT2D eigenvalue weighted by Crippen LogP contribution is 2.16. The molecule has 4 N–H and O–H groups in total. The van der Waals surface area contributed by atoms with Crippen LogP contribution < -0.4 is 11.1 Å². The maximum atomic E-state index is 12.7. The van der Waals surface area contributed by atoms with Gasteiger partial charge in [-0.1, -0.05) is 194 Å². The molecule has 0 radical (unpaired) electrons. The fraction of sp³-hybridized carbons (Fsp3) is 0.875. The molecule has 2 amide bonds. The molecule has 0 aromatic heterocycles. The number of aliphatic carboxylic acids is 1. The molecule has 12 nitrogen and oxygen atoms in total. The highest BCUT2D eigenvalue weighted by molar-refractivity contribution is 5.88. The number of primary amides is 1. The Kier molecular flexibility index (Phi) is 40.3. The van der Waals surface area contributed by atoms with Crippen molar-refractivity contribution < 1.29 is 48.1 Å². The van der Waals surface area contributed by atoms with Crippen LogP contribution in [0.1, 0.15) is 245 Å². The lowest BCUT2D eigenvalue weighted by molar-refractivity contribution is -0.167. The van der Waals surface area contributed by atoms with Crippen LogP contribution in [0.15, 0.2) is 0 Å². The third-order valence-electron chi connectivity index (χ3n) is 11.0. The summed E-state index contributed by atoms with van der Waals surface area (Å²) in [6.45, 7) is 3.90. The molecule has 350 valence electrons. The predicted octanol–water partition coefficient (Wildman–Crippen LogP) is 11.1. The first kappa shape index (κ1) is 56.8. The molecule has 0 aliphatic heterocycles. The fourth-order valence-corrected chi connectivity index (χ4v) is 7.19. The summed E-state index contributed by atoms with van der Waals surface area (Å²) < 4.78 is 16.3. The fourth-order valence-electron chi connectivity index (χ4n) is 7.19. The minimum atomic E-state index is -1.18. The molecule has 0 aliphatic carbocycles. The van der Waals surface area contributed by atoms with Crippen molar-refractivity contribution in [2.24, 2.45) is 5.73 Å². The lowest BCUT2D eigenvalue weighted by Crippen LogP contribution is -2.44. The van der Waals surface area contributed by atoms with Crippen LogP contribution in [-0.2, 0) is 43.0 Å². The van der Waals surface area contributed by atoms with Crippen molar-refractivity contribution in [2.45, 2.75) is 257 Å². The second-order valence-electron chi connectivity index (χ2n) is 16.8. The topological polar surface area (TPSA) is 188 Å². The number of rotatable bonds is 45. The van der Waals surface area contributed by atoms with Crippen LogP contribution in [0.2, 0.25) is 0 Å². The molecular formula is C48H88N2O10. The number of carboxylic acid groups (broad SMARTS) is 1. The summed E-state index contributed by atoms with van der Waals surface area (Å²) in [4.78, 5) is 72.5. The molecule has 0 bridgehead atoms. The van der Waals surface area contributed by atoms with Gasteiger partial charge in [-0.25, -0.2) is 0 Å². The number of nitrogens with one attached hydrogen (secondary N) is 1. The van der Waals surface area contributed by atoms with Crippen LogP contribution in [0.5, 0.6) is 0 Å². The van der Waals surface area contributed by atoms with Crippen molar-refractivity contribution in [3.63, 3.8) is 0 Å². The predicted molar refractivity (Wildman–Crippen MR) is 238 cm³/mol. The molecule has 0 saturated heterocycles. The number of hydrogen-bond donors (Lipinski definition) is 3. The van der Waals surface area contributed by atoms with Gasteiger partial charge in [-0.15, -0.1) is 0 Å². The summed E-state index contributed by atoms with van der Waals surface area (Å²) in [6, 6.07) is -1.18. The first-order valence-electron chi connectivity index (χ1n) is 24.4. The van der Waals surface area contributed by atoms with Gasteiger partial charge in [0.1, 0.15) is 19.3 Å². The average molecular weight is 853 g/mol. The highest BCUT2D eigenvalue weighted by atomic mass is 16.6. The maximum absolute atomic E-state index is 12.7. The van der Waals surface area contributed by atoms with Crippen LogP contribution in [-0.4, -0.2) is 66.2 Å². The SMILES string of the molecule is CCCCCCCCCCCCCCCCCC(=O)OCC(COC(=O)CCC(=O)NC(CCC(=O)O)C(N)=O)OC(=O)CCCCCCCCCCCCCCCCC. The van der Waals surface area contributed by atoms with Gasteiger partial charge >= 0.3 is 23.9 Å². The number of amides is 2. The molecule has 0 aliphatic rings. The van der Waals surface area contributed by atoms with E-state index in [1.807, 2.05) is 0 Å². The second-order valence-corrected chi connectivity index (χ2v) is 16.8. The van der Waals surface area contributed by atoms with Crippen LogP contribution in [0.3, 0.4) is 0 Å². The van der Waals surface area contributed by atoms with E-state index in [0.29, 0.717) is 12.8 Å². The Morgan fingerprint density at radius 1 is 0.450 bits per heavy atom. The molecule has 0 fully saturated rings. The van der Waals surface area contributed by atoms with Gasteiger partial charge in [0.2, 0.25) is 11.8 Å². The van der Waals surface area contributed by atoms with Gasteiger partial charge in [0.25, 0.3) is 0 Å². The van der Waals surface area contributed by atoms with Crippen LogP contribution in [0.4, 0.5) is 0 Å². The number of hydrogen-bond acceptors (Lipinski definition) is 9. The number of unbranched alkanes of at least 4 members (excludes halogenated alkanes) is 28. The largest absolute Gasteiger partial charge is 0.481 e. The second kappa shape index (κ2) is 42.5. The summed E-state index contributed by atoms with van der Waals surface area (Å²) in [7, 11) is 0. The molecule has 0 saturated carbocycles. The van der Waals surface area contributed by atoms with Crippen LogP contribution in [0, 0.1) is 0 Å². The number of ether oxygens (including phenoxy) is 3. The van der Waals surface area contributed by atoms with E-state index in [-0.39, 0.29) is 51.7 Å². The summed E-state index contributed by atoms with van der Waals surface area (Å²) in [5, 5.41) is 11.2. The molecule has 2 atom stereocenters. The van der Waals surface area contributed by atoms with Gasteiger partial charge in [-0.05, 0) is 19.3 Å². The van der Waals surface area contributed by atoms with E-state index in [9.17, 15) is 28.8 Å². The van der Waals surface area contributed by atoms with Crippen molar-refractivity contribution in [2.75, 3.05) is 13.2 Å². The molecule has 0 heterocycles. The van der Waals surface area contributed by atoms with Gasteiger partial charge < -0.3 is 30.4 Å². The molecule has 0 aromatic carbocycles. The van der Waals surface area contributed by atoms with Gasteiger partial charge in [0.15, 0.2) is 6.10 Å². The minimum absolute atomic E-state index is 0.175. The van der Waals surface area contributed by atoms with Crippen molar-refractivity contribution >= 4 is 35.7 Å². The van der Waals surface area contributed by atoms with E-state index >= 15 is 0 Å². The quantitative estimate of drug-likeness (QED) is 0.0302. The highest BCUT2D eigenvalue weighted by Gasteiger charge is 2.22. The summed E-state index contributed by atoms with van der Waals surface area (Å²) in [5.74, 6) is -4.29. The molecule has 60 heavy (non-hydrogen) atoms. The Labute approximate surface area is 364 Å². The van der Waals surface area contributed by atoms with E-state index in [1.54, 1.807) is 0 Å². The molecule has 12 heteroatoms. The van der Waals surface area contributed by atoms with Crippen molar-refractivity contribution in [1.29, 1.82) is 0 Å². The zero-order valence-corrected chi connectivity index (χ0v) is 38.2. The van der Waals surface area contributed by atoms with Crippen molar-refractivity contribution in [3.05, 3.63) is 0 Å². The number of carboxylic acids is 1. The van der Waals surface area contributed by atoms with Gasteiger partial charge in [0, 0.05) is 25.7 Å². The normalized spacial score (nSPS) is 12.1. The molecule has 0 spiro atoms. The van der Waals surface area contributed by atoms with Crippen molar-refractivity contribution in [3.8, 4) is 0 Å². The standard InChI is InChI=1S/C48H88N2O10/c1-3-5-7-9-11-13-15-17-19-21-23-25-27-29-31-33-45(54)58-39-41(40-59-46(55)38-36-43(51)50-42(48(49)57)35-37-44(52)53)60-47(56)34-32-30-28-26-24-22-20-18-16-14-12-10-8-6-4-2/h41-42H,3-40H2,1-2H3,(H2,49,57)(H,50,51)(H,52,53). The zero-order chi connectivity index (χ0) is 44.3. The molecule has 0 aromatic rings. The minimum Gasteiger partial charge on any atom is -0.481 e. The Morgan fingerprint density at radius 2 is 0.783 bits per heavy atom. The number of esters is 3. The van der Waals surface area contributed by atoms with Crippen LogP contribution >= 0.6 is 0 Å². The van der Waals surface area contributed by atoms with Gasteiger partial charge in [0.05, 0.1) is 6.42 Å². The summed E-state index contributed by atoms with van der Waals surface area (Å²) >= 11 is 0. The smallest absolute Gasteiger partial charge is 0.306 e. The van der Waals surface area contributed by atoms with Crippen molar-refractivity contribution in [1.82, 2.24) is 5.32 Å². The first-order valence-corrected chi connectivity index (χ1v) is 24.4. The third kappa shape index (κ3) is 40.2. The maximum Gasteiger partial charge on any atom is 0.306 e. The lowest BCUT2D eigenvalue weighted by Gasteiger charge is -2.18.